The van der Waals surface area contributed by atoms with Crippen molar-refractivity contribution in [2.45, 2.75) is 5.92 Å². The molecule has 0 radical (unpaired) electrons. The quantitative estimate of drug-likeness (QED) is 0.519. The minimum atomic E-state index is 0.663. The predicted octanol–water partition coefficient (Wildman–Crippen LogP) is 2.74. The molecular weight excluding hydrogens is 132 g/mol. The Balaban J connectivity index is 2.26. The van der Waals surface area contributed by atoms with Gasteiger partial charge in [-0.15, -0.1) is 0 Å². The fraction of sp³-hybridized carbons (Fsp3) is 0.0909. The van der Waals surface area contributed by atoms with E-state index in [0.29, 0.717) is 5.92 Å². The van der Waals surface area contributed by atoms with Crippen molar-refractivity contribution < 1.29 is 0 Å². The molecule has 2 aliphatic rings. The molecule has 0 heteroatoms. The largest absolute Gasteiger partial charge is 0.0685 e. The summed E-state index contributed by atoms with van der Waals surface area (Å²) < 4.78 is 0. The summed E-state index contributed by atoms with van der Waals surface area (Å²) in [7, 11) is 0. The van der Waals surface area contributed by atoms with Crippen LogP contribution in [0.2, 0.25) is 0 Å². The topological polar surface area (TPSA) is 0 Å². The highest BCUT2D eigenvalue weighted by atomic mass is 14.3. The molecule has 0 nitrogen and oxygen atoms in total. The summed E-state index contributed by atoms with van der Waals surface area (Å²) in [6.45, 7) is 0. The van der Waals surface area contributed by atoms with E-state index in [1.54, 1.807) is 0 Å². The molecule has 1 aromatic carbocycles. The first-order valence-corrected chi connectivity index (χ1v) is 3.94. The lowest BCUT2D eigenvalue weighted by Crippen LogP contribution is -1.90. The SMILES string of the molecule is C1=Cc2ccccc2C2C=C12. The summed E-state index contributed by atoms with van der Waals surface area (Å²) in [5, 5.41) is 0. The van der Waals surface area contributed by atoms with Crippen molar-refractivity contribution in [3.05, 3.63) is 53.1 Å². The highest BCUT2D eigenvalue weighted by Crippen LogP contribution is 2.45. The van der Waals surface area contributed by atoms with Gasteiger partial charge in [-0.3, -0.25) is 0 Å². The van der Waals surface area contributed by atoms with Gasteiger partial charge in [-0.05, 0) is 16.7 Å². The Kier molecular flexibility index (Phi) is 0.803. The van der Waals surface area contributed by atoms with Crippen LogP contribution in [0.25, 0.3) is 6.08 Å². The van der Waals surface area contributed by atoms with E-state index in [1.165, 1.54) is 16.7 Å². The average Bonchev–Trinajstić information content (AvgIpc) is 2.83. The van der Waals surface area contributed by atoms with E-state index in [2.05, 4.69) is 42.5 Å². The molecule has 52 valence electrons. The average molecular weight is 140 g/mol. The van der Waals surface area contributed by atoms with Crippen molar-refractivity contribution in [2.24, 2.45) is 0 Å². The molecule has 0 spiro atoms. The van der Waals surface area contributed by atoms with Crippen molar-refractivity contribution in [3.8, 4) is 0 Å². The first kappa shape index (κ1) is 5.36. The van der Waals surface area contributed by atoms with Crippen LogP contribution in [0.3, 0.4) is 0 Å². The molecular formula is C11H8. The number of hydrogen-bond acceptors (Lipinski definition) is 0. The van der Waals surface area contributed by atoms with Gasteiger partial charge < -0.3 is 0 Å². The summed E-state index contributed by atoms with van der Waals surface area (Å²) in [5.41, 5.74) is 4.35. The van der Waals surface area contributed by atoms with E-state index in [1.807, 2.05) is 0 Å². The third kappa shape index (κ3) is 0.640. The highest BCUT2D eigenvalue weighted by molar-refractivity contribution is 5.70. The van der Waals surface area contributed by atoms with Crippen LogP contribution in [-0.2, 0) is 0 Å². The molecule has 0 N–H and O–H groups in total. The van der Waals surface area contributed by atoms with Crippen LogP contribution in [0.5, 0.6) is 0 Å². The minimum Gasteiger partial charge on any atom is -0.0685 e. The van der Waals surface area contributed by atoms with Crippen LogP contribution >= 0.6 is 0 Å². The molecule has 0 saturated carbocycles. The van der Waals surface area contributed by atoms with Crippen molar-refractivity contribution in [2.75, 3.05) is 0 Å². The second-order valence-electron chi connectivity index (χ2n) is 3.11. The lowest BCUT2D eigenvalue weighted by Gasteiger charge is -2.08. The maximum Gasteiger partial charge on any atom is 0.0278 e. The first-order chi connectivity index (χ1) is 5.45. The standard InChI is InChI=1S/C11H8/c1-2-4-10-8(3-1)5-6-9-7-11(9)10/h1-7,11H. The second-order valence-corrected chi connectivity index (χ2v) is 3.11. The lowest BCUT2D eigenvalue weighted by molar-refractivity contribution is 1.18. The van der Waals surface area contributed by atoms with Gasteiger partial charge in [-0.25, -0.2) is 0 Å². The Hall–Kier alpha value is -1.30. The fourth-order valence-corrected chi connectivity index (χ4v) is 1.70. The van der Waals surface area contributed by atoms with Crippen LogP contribution in [0.15, 0.2) is 42.0 Å². The first-order valence-electron chi connectivity index (χ1n) is 3.94. The van der Waals surface area contributed by atoms with Crippen LogP contribution in [-0.4, -0.2) is 0 Å². The lowest BCUT2D eigenvalue weighted by atomic mass is 9.96. The van der Waals surface area contributed by atoms with Crippen LogP contribution in [0.1, 0.15) is 17.0 Å². The van der Waals surface area contributed by atoms with Crippen LogP contribution in [0.4, 0.5) is 0 Å². The zero-order valence-corrected chi connectivity index (χ0v) is 6.12. The molecule has 1 unspecified atom stereocenters. The zero-order valence-electron chi connectivity index (χ0n) is 6.12. The summed E-state index contributed by atoms with van der Waals surface area (Å²) >= 11 is 0. The molecule has 11 heavy (non-hydrogen) atoms. The number of hydrogen-bond donors (Lipinski definition) is 0. The predicted molar refractivity (Wildman–Crippen MR) is 46.3 cm³/mol. The van der Waals surface area contributed by atoms with Gasteiger partial charge in [-0.2, -0.15) is 0 Å². The number of rotatable bonds is 0. The zero-order chi connectivity index (χ0) is 7.26. The molecule has 0 fully saturated rings. The van der Waals surface area contributed by atoms with Gasteiger partial charge in [0.05, 0.1) is 0 Å². The molecule has 0 bridgehead atoms. The van der Waals surface area contributed by atoms with Gasteiger partial charge in [-0.1, -0.05) is 42.5 Å². The fourth-order valence-electron chi connectivity index (χ4n) is 1.70. The van der Waals surface area contributed by atoms with E-state index in [9.17, 15) is 0 Å². The van der Waals surface area contributed by atoms with Gasteiger partial charge in [0.1, 0.15) is 0 Å². The highest BCUT2D eigenvalue weighted by Gasteiger charge is 2.28. The summed E-state index contributed by atoms with van der Waals surface area (Å²) in [6, 6.07) is 8.60. The number of fused-ring (bicyclic) bond motifs is 3. The maximum atomic E-state index is 2.31. The van der Waals surface area contributed by atoms with Gasteiger partial charge >= 0.3 is 0 Å². The number of allylic oxidation sites excluding steroid dienone is 3. The van der Waals surface area contributed by atoms with Gasteiger partial charge in [0.25, 0.3) is 0 Å². The van der Waals surface area contributed by atoms with E-state index < -0.39 is 0 Å². The summed E-state index contributed by atoms with van der Waals surface area (Å²) in [6.07, 6.45) is 6.72. The minimum absolute atomic E-state index is 0.663. The normalized spacial score (nSPS) is 23.6. The van der Waals surface area contributed by atoms with Crippen molar-refractivity contribution >= 4 is 6.08 Å². The molecule has 1 aromatic rings. The van der Waals surface area contributed by atoms with Crippen LogP contribution < -0.4 is 0 Å². The van der Waals surface area contributed by atoms with Gasteiger partial charge in [0, 0.05) is 5.92 Å². The van der Waals surface area contributed by atoms with Gasteiger partial charge in [0.15, 0.2) is 0 Å². The molecule has 1 atom stereocenters. The van der Waals surface area contributed by atoms with Crippen LogP contribution in [0, 0.1) is 0 Å². The van der Waals surface area contributed by atoms with Crippen molar-refractivity contribution in [3.63, 3.8) is 0 Å². The molecule has 0 amide bonds. The molecule has 2 aliphatic carbocycles. The van der Waals surface area contributed by atoms with Crippen molar-refractivity contribution in [1.29, 1.82) is 0 Å². The Morgan fingerprint density at radius 3 is 2.91 bits per heavy atom. The third-order valence-corrected chi connectivity index (χ3v) is 2.40. The summed E-state index contributed by atoms with van der Waals surface area (Å²) in [4.78, 5) is 0. The van der Waals surface area contributed by atoms with Crippen molar-refractivity contribution in [1.82, 2.24) is 0 Å². The second kappa shape index (κ2) is 1.65. The molecule has 0 saturated heterocycles. The smallest absolute Gasteiger partial charge is 0.0278 e. The Labute approximate surface area is 65.9 Å². The number of benzene rings is 1. The van der Waals surface area contributed by atoms with E-state index in [0.717, 1.165) is 0 Å². The monoisotopic (exact) mass is 140 g/mol. The molecule has 0 aliphatic heterocycles. The van der Waals surface area contributed by atoms with E-state index >= 15 is 0 Å². The van der Waals surface area contributed by atoms with E-state index in [-0.39, 0.29) is 0 Å². The molecule has 0 heterocycles. The molecule has 0 aromatic heterocycles. The third-order valence-electron chi connectivity index (χ3n) is 2.40. The Morgan fingerprint density at radius 1 is 1.00 bits per heavy atom. The summed E-state index contributed by atoms with van der Waals surface area (Å²) in [5.74, 6) is 0.663. The Bertz CT molecular complexity index is 369. The molecule has 3 rings (SSSR count). The maximum absolute atomic E-state index is 2.31. The Morgan fingerprint density at radius 2 is 1.91 bits per heavy atom. The van der Waals surface area contributed by atoms with Gasteiger partial charge in [0.2, 0.25) is 0 Å². The van der Waals surface area contributed by atoms with E-state index in [4.69, 9.17) is 0 Å².